The lowest BCUT2D eigenvalue weighted by molar-refractivity contribution is 0.289. The van der Waals surface area contributed by atoms with Gasteiger partial charge in [-0.3, -0.25) is 4.90 Å². The molecule has 1 aliphatic heterocycles. The van der Waals surface area contributed by atoms with Gasteiger partial charge in [-0.15, -0.1) is 0 Å². The number of hydrogen-bond donors (Lipinski definition) is 0. The highest BCUT2D eigenvalue weighted by molar-refractivity contribution is 5.17. The van der Waals surface area contributed by atoms with E-state index in [-0.39, 0.29) is 0 Å². The lowest BCUT2D eigenvalue weighted by Crippen LogP contribution is -2.32. The van der Waals surface area contributed by atoms with Crippen LogP contribution >= 0.6 is 0 Å². The fraction of sp³-hybridized carbons (Fsp3) is 0.467. The van der Waals surface area contributed by atoms with E-state index in [0.29, 0.717) is 0 Å². The molecule has 1 nitrogen and oxygen atoms in total. The first-order valence-electron chi connectivity index (χ1n) is 6.17. The van der Waals surface area contributed by atoms with Gasteiger partial charge >= 0.3 is 0 Å². The van der Waals surface area contributed by atoms with Crippen LogP contribution in [-0.2, 0) is 6.42 Å². The third-order valence-electron chi connectivity index (χ3n) is 3.55. The molecule has 0 saturated heterocycles. The molecule has 1 heteroatoms. The molecular formula is C15H21N. The second kappa shape index (κ2) is 5.31. The zero-order valence-electron chi connectivity index (χ0n) is 10.4. The SMILES string of the molecule is CC1=C(C)CN(CCc2ccccc2)CC1. The molecule has 0 spiro atoms. The fourth-order valence-electron chi connectivity index (χ4n) is 2.21. The van der Waals surface area contributed by atoms with Gasteiger partial charge in [-0.2, -0.15) is 0 Å². The van der Waals surface area contributed by atoms with Crippen LogP contribution in [0.2, 0.25) is 0 Å². The van der Waals surface area contributed by atoms with Crippen LogP contribution in [-0.4, -0.2) is 24.5 Å². The Hall–Kier alpha value is -1.08. The fourth-order valence-corrected chi connectivity index (χ4v) is 2.21. The van der Waals surface area contributed by atoms with E-state index < -0.39 is 0 Å². The zero-order valence-corrected chi connectivity index (χ0v) is 10.4. The Labute approximate surface area is 98.8 Å². The molecule has 0 unspecified atom stereocenters. The standard InChI is InChI=1S/C15H21N/c1-13-8-10-16(12-14(13)2)11-9-15-6-4-3-5-7-15/h3-7H,8-12H2,1-2H3. The van der Waals surface area contributed by atoms with Crippen LogP contribution in [0.5, 0.6) is 0 Å². The summed E-state index contributed by atoms with van der Waals surface area (Å²) in [4.78, 5) is 2.56. The van der Waals surface area contributed by atoms with Crippen molar-refractivity contribution in [2.45, 2.75) is 26.7 Å². The highest BCUT2D eigenvalue weighted by Gasteiger charge is 2.12. The molecule has 0 radical (unpaired) electrons. The lowest BCUT2D eigenvalue weighted by Gasteiger charge is -2.28. The van der Waals surface area contributed by atoms with Crippen molar-refractivity contribution < 1.29 is 0 Å². The molecule has 0 atom stereocenters. The smallest absolute Gasteiger partial charge is 0.0192 e. The normalized spacial score (nSPS) is 17.9. The van der Waals surface area contributed by atoms with Gasteiger partial charge in [-0.05, 0) is 32.3 Å². The van der Waals surface area contributed by atoms with E-state index in [1.807, 2.05) is 0 Å². The predicted molar refractivity (Wildman–Crippen MR) is 69.6 cm³/mol. The number of nitrogens with zero attached hydrogens (tertiary/aromatic N) is 1. The Morgan fingerprint density at radius 1 is 1.06 bits per heavy atom. The molecule has 0 amide bonds. The Morgan fingerprint density at radius 3 is 2.50 bits per heavy atom. The Kier molecular flexibility index (Phi) is 3.79. The zero-order chi connectivity index (χ0) is 11.4. The summed E-state index contributed by atoms with van der Waals surface area (Å²) in [7, 11) is 0. The predicted octanol–water partition coefficient (Wildman–Crippen LogP) is 3.27. The Morgan fingerprint density at radius 2 is 1.81 bits per heavy atom. The lowest BCUT2D eigenvalue weighted by atomic mass is 10.0. The van der Waals surface area contributed by atoms with Gasteiger partial charge in [-0.1, -0.05) is 41.5 Å². The van der Waals surface area contributed by atoms with E-state index in [0.717, 1.165) is 0 Å². The van der Waals surface area contributed by atoms with Crippen LogP contribution in [0.15, 0.2) is 41.5 Å². The molecular weight excluding hydrogens is 194 g/mol. The maximum Gasteiger partial charge on any atom is 0.0192 e. The Bertz CT molecular complexity index is 364. The van der Waals surface area contributed by atoms with Crippen molar-refractivity contribution in [3.8, 4) is 0 Å². The molecule has 0 fully saturated rings. The summed E-state index contributed by atoms with van der Waals surface area (Å²) in [5.41, 5.74) is 4.61. The number of benzene rings is 1. The van der Waals surface area contributed by atoms with Crippen LogP contribution in [0.25, 0.3) is 0 Å². The molecule has 2 rings (SSSR count). The van der Waals surface area contributed by atoms with E-state index in [2.05, 4.69) is 49.1 Å². The molecule has 1 aromatic rings. The van der Waals surface area contributed by atoms with Crippen molar-refractivity contribution in [3.05, 3.63) is 47.0 Å². The second-order valence-corrected chi connectivity index (χ2v) is 4.82. The summed E-state index contributed by atoms with van der Waals surface area (Å²) in [5, 5.41) is 0. The van der Waals surface area contributed by atoms with E-state index in [1.165, 1.54) is 38.0 Å². The molecule has 86 valence electrons. The summed E-state index contributed by atoms with van der Waals surface area (Å²) in [6.45, 7) is 8.12. The molecule has 0 bridgehead atoms. The quantitative estimate of drug-likeness (QED) is 0.699. The highest BCUT2D eigenvalue weighted by Crippen LogP contribution is 2.16. The minimum absolute atomic E-state index is 1.17. The van der Waals surface area contributed by atoms with Gasteiger partial charge in [0.15, 0.2) is 0 Å². The van der Waals surface area contributed by atoms with Crippen molar-refractivity contribution in [1.82, 2.24) is 4.90 Å². The van der Waals surface area contributed by atoms with Gasteiger partial charge in [0.25, 0.3) is 0 Å². The molecule has 16 heavy (non-hydrogen) atoms. The summed E-state index contributed by atoms with van der Waals surface area (Å²) in [6.07, 6.45) is 2.42. The minimum Gasteiger partial charge on any atom is -0.299 e. The average Bonchev–Trinajstić information content (AvgIpc) is 2.32. The third kappa shape index (κ3) is 2.96. The third-order valence-corrected chi connectivity index (χ3v) is 3.55. The largest absolute Gasteiger partial charge is 0.299 e. The number of hydrogen-bond acceptors (Lipinski definition) is 1. The van der Waals surface area contributed by atoms with E-state index in [4.69, 9.17) is 0 Å². The summed E-state index contributed by atoms with van der Waals surface area (Å²) < 4.78 is 0. The molecule has 1 aromatic carbocycles. The van der Waals surface area contributed by atoms with Gasteiger partial charge in [0.2, 0.25) is 0 Å². The van der Waals surface area contributed by atoms with E-state index in [1.54, 1.807) is 11.1 Å². The second-order valence-electron chi connectivity index (χ2n) is 4.82. The molecule has 1 heterocycles. The van der Waals surface area contributed by atoms with Crippen LogP contribution < -0.4 is 0 Å². The molecule has 0 aliphatic carbocycles. The molecule has 0 saturated carbocycles. The van der Waals surface area contributed by atoms with Gasteiger partial charge in [0.1, 0.15) is 0 Å². The summed E-state index contributed by atoms with van der Waals surface area (Å²) in [5.74, 6) is 0. The molecule has 0 aromatic heterocycles. The number of rotatable bonds is 3. The van der Waals surface area contributed by atoms with Crippen LogP contribution in [0.3, 0.4) is 0 Å². The maximum absolute atomic E-state index is 2.56. The van der Waals surface area contributed by atoms with Crippen molar-refractivity contribution in [3.63, 3.8) is 0 Å². The van der Waals surface area contributed by atoms with Crippen LogP contribution in [0.4, 0.5) is 0 Å². The Balaban J connectivity index is 1.84. The highest BCUT2D eigenvalue weighted by atomic mass is 15.1. The topological polar surface area (TPSA) is 3.24 Å². The summed E-state index contributed by atoms with van der Waals surface area (Å²) in [6, 6.07) is 10.8. The van der Waals surface area contributed by atoms with Crippen LogP contribution in [0.1, 0.15) is 25.8 Å². The van der Waals surface area contributed by atoms with Gasteiger partial charge in [0.05, 0.1) is 0 Å². The maximum atomic E-state index is 2.56. The van der Waals surface area contributed by atoms with Gasteiger partial charge in [-0.25, -0.2) is 0 Å². The monoisotopic (exact) mass is 215 g/mol. The first-order valence-corrected chi connectivity index (χ1v) is 6.17. The van der Waals surface area contributed by atoms with Crippen molar-refractivity contribution in [2.24, 2.45) is 0 Å². The molecule has 0 N–H and O–H groups in total. The van der Waals surface area contributed by atoms with Crippen molar-refractivity contribution in [2.75, 3.05) is 19.6 Å². The van der Waals surface area contributed by atoms with E-state index >= 15 is 0 Å². The first kappa shape index (κ1) is 11.4. The minimum atomic E-state index is 1.17. The van der Waals surface area contributed by atoms with Gasteiger partial charge < -0.3 is 0 Å². The van der Waals surface area contributed by atoms with Crippen LogP contribution in [0, 0.1) is 0 Å². The summed E-state index contributed by atoms with van der Waals surface area (Å²) >= 11 is 0. The molecule has 1 aliphatic rings. The van der Waals surface area contributed by atoms with Crippen molar-refractivity contribution in [1.29, 1.82) is 0 Å². The average molecular weight is 215 g/mol. The first-order chi connectivity index (χ1) is 7.75. The van der Waals surface area contributed by atoms with E-state index in [9.17, 15) is 0 Å². The van der Waals surface area contributed by atoms with Gasteiger partial charge in [0, 0.05) is 19.6 Å². The van der Waals surface area contributed by atoms with Crippen molar-refractivity contribution >= 4 is 0 Å².